The molecule has 0 atom stereocenters. The molecule has 0 bridgehead atoms. The molecule has 0 aliphatic rings. The highest BCUT2D eigenvalue weighted by atomic mass is 16.6. The zero-order valence-electron chi connectivity index (χ0n) is 56.9. The molecule has 3 N–H and O–H groups in total. The number of rotatable bonds is 69. The molecule has 96 heavy (non-hydrogen) atoms. The maximum Gasteiger partial charge on any atom is 0.338 e. The molecule has 0 unspecified atom stereocenters. The summed E-state index contributed by atoms with van der Waals surface area (Å²) in [6.07, 6.45) is 0. The van der Waals surface area contributed by atoms with Crippen LogP contribution in [0.5, 0.6) is 34.5 Å². The van der Waals surface area contributed by atoms with Gasteiger partial charge in [-0.25, -0.2) is 4.79 Å². The third kappa shape index (κ3) is 41.1. The van der Waals surface area contributed by atoms with Gasteiger partial charge in [0.25, 0.3) is 5.91 Å². The van der Waals surface area contributed by atoms with Gasteiger partial charge in [-0.1, -0.05) is 30.3 Å². The van der Waals surface area contributed by atoms with Crippen molar-refractivity contribution in [2.24, 2.45) is 0 Å². The Kier molecular flexibility index (Phi) is 52.7. The van der Waals surface area contributed by atoms with Crippen LogP contribution in [0.25, 0.3) is 0 Å². The number of amides is 1. The van der Waals surface area contributed by atoms with Crippen LogP contribution in [0.15, 0.2) is 54.6 Å². The van der Waals surface area contributed by atoms with E-state index in [-0.39, 0.29) is 165 Å². The van der Waals surface area contributed by atoms with E-state index < -0.39 is 37.2 Å². The summed E-state index contributed by atoms with van der Waals surface area (Å²) in [4.78, 5) is 28.9. The number of ether oxygens (including phenoxy) is 25. The Labute approximate surface area is 564 Å². The summed E-state index contributed by atoms with van der Waals surface area (Å²) in [5.74, 6) is -1.23. The largest absolute Gasteiger partial charge is 0.487 e. The molecular formula is C66H107NO29. The van der Waals surface area contributed by atoms with Crippen molar-refractivity contribution >= 4 is 11.9 Å². The van der Waals surface area contributed by atoms with Crippen LogP contribution in [0.3, 0.4) is 0 Å². The highest BCUT2D eigenvalue weighted by Crippen LogP contribution is 2.41. The molecule has 0 saturated heterocycles. The van der Waals surface area contributed by atoms with Crippen molar-refractivity contribution in [2.75, 3.05) is 293 Å². The van der Waals surface area contributed by atoms with Crippen LogP contribution in [0.2, 0.25) is 0 Å². The zero-order valence-corrected chi connectivity index (χ0v) is 56.9. The summed E-state index contributed by atoms with van der Waals surface area (Å²) in [6, 6.07) is 15.4. The summed E-state index contributed by atoms with van der Waals surface area (Å²) < 4.78 is 142. The minimum atomic E-state index is -1.97. The van der Waals surface area contributed by atoms with Gasteiger partial charge in [-0.05, 0) is 29.8 Å². The Morgan fingerprint density at radius 1 is 0.333 bits per heavy atom. The second-order valence-electron chi connectivity index (χ2n) is 20.2. The van der Waals surface area contributed by atoms with E-state index in [2.05, 4.69) is 5.32 Å². The lowest BCUT2D eigenvalue weighted by molar-refractivity contribution is 0.00521. The first-order chi connectivity index (χ1) is 47.3. The lowest BCUT2D eigenvalue weighted by Gasteiger charge is -2.30. The lowest BCUT2D eigenvalue weighted by atomic mass is 10.0. The SMILES string of the molecule is COCCOCCOCCOc1cc(C(=O)NC(CO)(CO)COC(=O)c2cc(OCCOCCOCCOC)c(OCCOCCOCCOCc3ccccc3)c(OCCOCCOCCOC)c2)cc(OCCOCCOCCOC)c1OCCOCCOCCOC. The Bertz CT molecular complexity index is 2240. The van der Waals surface area contributed by atoms with Crippen molar-refractivity contribution in [1.29, 1.82) is 0 Å². The van der Waals surface area contributed by atoms with Gasteiger partial charge < -0.3 is 134 Å². The monoisotopic (exact) mass is 1380 g/mol. The van der Waals surface area contributed by atoms with Crippen LogP contribution in [-0.2, 0) is 96.6 Å². The second kappa shape index (κ2) is 59.6. The van der Waals surface area contributed by atoms with E-state index in [1.54, 1.807) is 35.5 Å². The van der Waals surface area contributed by atoms with E-state index in [0.29, 0.717) is 126 Å². The van der Waals surface area contributed by atoms with Gasteiger partial charge in [-0.15, -0.1) is 0 Å². The van der Waals surface area contributed by atoms with Crippen LogP contribution in [0.1, 0.15) is 26.3 Å². The maximum absolute atomic E-state index is 14.5. The van der Waals surface area contributed by atoms with E-state index in [4.69, 9.17) is 118 Å². The highest BCUT2D eigenvalue weighted by molar-refractivity contribution is 5.96. The average molecular weight is 1380 g/mol. The van der Waals surface area contributed by atoms with Crippen molar-refractivity contribution in [1.82, 2.24) is 5.32 Å². The fraction of sp³-hybridized carbons (Fsp3) is 0.697. The summed E-state index contributed by atoms with van der Waals surface area (Å²) in [7, 11) is 7.92. The number of aliphatic hydroxyl groups excluding tert-OH is 2. The van der Waals surface area contributed by atoms with Crippen LogP contribution in [0.4, 0.5) is 0 Å². The molecule has 3 aromatic carbocycles. The summed E-state index contributed by atoms with van der Waals surface area (Å²) in [5.41, 5.74) is -1.04. The van der Waals surface area contributed by atoms with E-state index >= 15 is 0 Å². The van der Waals surface area contributed by atoms with Gasteiger partial charge in [0.05, 0.1) is 224 Å². The topological polar surface area (TPSA) is 317 Å². The standard InChI is InChI=1S/C66H107NO29/c1-72-11-16-77-21-27-83-35-41-90-58-47-56(48-59(91-42-36-84-28-22-78-17-12-73-2)62(58)94-45-39-87-31-25-81-20-15-76-5)64(70)67-66(52-68,53-69)54-96-65(71)57-49-60(92-43-37-85-29-23-79-18-13-74-3)63(61(50-57)93-44-38-86-30-24-80-19-14-75-4)95-46-40-88-32-26-82-33-34-89-51-55-9-7-6-8-10-55/h6-10,47-50,68-69H,11-46,51-54H2,1-5H3,(H,67,70). The van der Waals surface area contributed by atoms with E-state index in [1.165, 1.54) is 24.3 Å². The third-order valence-electron chi connectivity index (χ3n) is 12.8. The van der Waals surface area contributed by atoms with E-state index in [0.717, 1.165) is 5.56 Å². The number of hydrogen-bond acceptors (Lipinski definition) is 29. The first-order valence-electron chi connectivity index (χ1n) is 32.1. The first kappa shape index (κ1) is 84.8. The number of methoxy groups -OCH3 is 5. The predicted octanol–water partition coefficient (Wildman–Crippen LogP) is 2.92. The fourth-order valence-corrected chi connectivity index (χ4v) is 7.74. The van der Waals surface area contributed by atoms with E-state index in [9.17, 15) is 19.8 Å². The van der Waals surface area contributed by atoms with Crippen molar-refractivity contribution in [3.63, 3.8) is 0 Å². The number of aliphatic hydroxyl groups is 2. The van der Waals surface area contributed by atoms with Crippen LogP contribution >= 0.6 is 0 Å². The minimum absolute atomic E-state index is 0.00366. The number of hydrogen-bond donors (Lipinski definition) is 3. The Morgan fingerprint density at radius 3 is 0.885 bits per heavy atom. The Balaban J connectivity index is 1.90. The van der Waals surface area contributed by atoms with Gasteiger partial charge in [0.15, 0.2) is 23.0 Å². The molecule has 30 heteroatoms. The normalized spacial score (nSPS) is 11.5. The molecule has 0 fully saturated rings. The smallest absolute Gasteiger partial charge is 0.338 e. The number of nitrogens with one attached hydrogen (secondary N) is 1. The Morgan fingerprint density at radius 2 is 0.594 bits per heavy atom. The summed E-state index contributed by atoms with van der Waals surface area (Å²) in [5, 5.41) is 24.6. The summed E-state index contributed by atoms with van der Waals surface area (Å²) >= 11 is 0. The van der Waals surface area contributed by atoms with E-state index in [1.807, 2.05) is 30.3 Å². The lowest BCUT2D eigenvalue weighted by Crippen LogP contribution is -2.57. The molecular weight excluding hydrogens is 1270 g/mol. The molecule has 30 nitrogen and oxygen atoms in total. The second-order valence-corrected chi connectivity index (χ2v) is 20.2. The molecule has 0 aromatic heterocycles. The van der Waals surface area contributed by atoms with Crippen molar-refractivity contribution in [2.45, 2.75) is 12.1 Å². The third-order valence-corrected chi connectivity index (χ3v) is 12.8. The van der Waals surface area contributed by atoms with Gasteiger partial charge in [0.1, 0.15) is 51.8 Å². The highest BCUT2D eigenvalue weighted by Gasteiger charge is 2.35. The molecule has 1 amide bonds. The van der Waals surface area contributed by atoms with Crippen LogP contribution in [-0.4, -0.2) is 321 Å². The van der Waals surface area contributed by atoms with Crippen molar-refractivity contribution in [3.05, 3.63) is 71.3 Å². The molecule has 0 saturated carbocycles. The van der Waals surface area contributed by atoms with Gasteiger partial charge >= 0.3 is 5.97 Å². The quantitative estimate of drug-likeness (QED) is 0.0540. The number of benzene rings is 3. The number of carbonyl (C=O) groups is 2. The molecule has 550 valence electrons. The van der Waals surface area contributed by atoms with Gasteiger partial charge in [-0.2, -0.15) is 0 Å². The molecule has 3 rings (SSSR count). The first-order valence-corrected chi connectivity index (χ1v) is 32.1. The zero-order chi connectivity index (χ0) is 68.9. The molecule has 0 spiro atoms. The molecule has 0 heterocycles. The molecule has 0 aliphatic heterocycles. The fourth-order valence-electron chi connectivity index (χ4n) is 7.74. The van der Waals surface area contributed by atoms with Crippen LogP contribution in [0, 0.1) is 0 Å². The molecule has 0 radical (unpaired) electrons. The average Bonchev–Trinajstić information content (AvgIpc) is 0.856. The predicted molar refractivity (Wildman–Crippen MR) is 346 cm³/mol. The maximum atomic E-state index is 14.5. The van der Waals surface area contributed by atoms with Gasteiger partial charge in [0.2, 0.25) is 11.5 Å². The number of carbonyl (C=O) groups excluding carboxylic acids is 2. The Hall–Kier alpha value is -5.40. The van der Waals surface area contributed by atoms with Gasteiger partial charge in [-0.3, -0.25) is 4.79 Å². The van der Waals surface area contributed by atoms with Gasteiger partial charge in [0, 0.05) is 41.1 Å². The summed E-state index contributed by atoms with van der Waals surface area (Å²) in [6.45, 7) is 7.28. The molecule has 0 aliphatic carbocycles. The number of esters is 1. The van der Waals surface area contributed by atoms with Crippen molar-refractivity contribution in [3.8, 4) is 34.5 Å². The molecule has 3 aromatic rings. The minimum Gasteiger partial charge on any atom is -0.487 e. The van der Waals surface area contributed by atoms with Crippen molar-refractivity contribution < 1.29 is 138 Å². The van der Waals surface area contributed by atoms with Crippen LogP contribution < -0.4 is 33.7 Å².